The van der Waals surface area contributed by atoms with Crippen molar-refractivity contribution in [1.82, 2.24) is 5.32 Å². The van der Waals surface area contributed by atoms with E-state index >= 15 is 0 Å². The smallest absolute Gasteiger partial charge is 0.234 e. The van der Waals surface area contributed by atoms with Gasteiger partial charge in [0.2, 0.25) is 5.91 Å². The highest BCUT2D eigenvalue weighted by Gasteiger charge is 2.27. The van der Waals surface area contributed by atoms with Gasteiger partial charge in [-0.15, -0.1) is 0 Å². The van der Waals surface area contributed by atoms with Crippen molar-refractivity contribution in [3.63, 3.8) is 0 Å². The number of halogens is 1. The summed E-state index contributed by atoms with van der Waals surface area (Å²) in [5, 5.41) is 3.05. The summed E-state index contributed by atoms with van der Waals surface area (Å²) in [6, 6.07) is 0. The molecular weight excluding hydrogens is 286 g/mol. The standard InChI is InChI=1S/C12H24BrNOS/c1-6-12(7-2,16-5)8-14-11(15)10(13)9(3)4/h9-10H,6-8H2,1-5H3,(H,14,15). The van der Waals surface area contributed by atoms with Crippen molar-refractivity contribution >= 4 is 33.6 Å². The van der Waals surface area contributed by atoms with Crippen molar-refractivity contribution in [2.45, 2.75) is 50.1 Å². The second-order valence-electron chi connectivity index (χ2n) is 4.46. The third kappa shape index (κ3) is 4.66. The van der Waals surface area contributed by atoms with Gasteiger partial charge >= 0.3 is 0 Å². The van der Waals surface area contributed by atoms with Gasteiger partial charge in [0, 0.05) is 11.3 Å². The Morgan fingerprint density at radius 2 is 1.88 bits per heavy atom. The van der Waals surface area contributed by atoms with Crippen LogP contribution in [0.1, 0.15) is 40.5 Å². The summed E-state index contributed by atoms with van der Waals surface area (Å²) < 4.78 is 0.194. The van der Waals surface area contributed by atoms with Crippen molar-refractivity contribution in [2.24, 2.45) is 5.92 Å². The molecule has 0 fully saturated rings. The van der Waals surface area contributed by atoms with Gasteiger partial charge in [0.1, 0.15) is 0 Å². The summed E-state index contributed by atoms with van der Waals surface area (Å²) in [4.78, 5) is 11.7. The van der Waals surface area contributed by atoms with Gasteiger partial charge in [-0.3, -0.25) is 4.79 Å². The van der Waals surface area contributed by atoms with E-state index in [1.807, 2.05) is 25.6 Å². The Hall–Kier alpha value is 0.300. The first-order valence-corrected chi connectivity index (χ1v) is 8.03. The maximum Gasteiger partial charge on any atom is 0.234 e. The second-order valence-corrected chi connectivity index (χ2v) is 6.72. The molecule has 96 valence electrons. The van der Waals surface area contributed by atoms with Crippen LogP contribution in [0.5, 0.6) is 0 Å². The van der Waals surface area contributed by atoms with Crippen molar-refractivity contribution < 1.29 is 4.79 Å². The molecular formula is C12H24BrNOS. The molecule has 4 heteroatoms. The van der Waals surface area contributed by atoms with E-state index in [9.17, 15) is 4.79 Å². The number of carbonyl (C=O) groups excluding carboxylic acids is 1. The lowest BCUT2D eigenvalue weighted by atomic mass is 10.0. The quantitative estimate of drug-likeness (QED) is 0.730. The highest BCUT2D eigenvalue weighted by molar-refractivity contribution is 9.10. The molecule has 0 aliphatic carbocycles. The summed E-state index contributed by atoms with van der Waals surface area (Å²) >= 11 is 5.27. The first-order chi connectivity index (χ1) is 7.42. The molecule has 0 aliphatic rings. The summed E-state index contributed by atoms with van der Waals surface area (Å²) in [5.74, 6) is 0.433. The maximum atomic E-state index is 11.8. The Morgan fingerprint density at radius 3 is 2.19 bits per heavy atom. The zero-order valence-electron chi connectivity index (χ0n) is 11.0. The van der Waals surface area contributed by atoms with Crippen LogP contribution in [0.2, 0.25) is 0 Å². The van der Waals surface area contributed by atoms with E-state index in [1.54, 1.807) is 0 Å². The fourth-order valence-corrected chi connectivity index (χ4v) is 2.47. The topological polar surface area (TPSA) is 29.1 Å². The van der Waals surface area contributed by atoms with E-state index in [0.29, 0.717) is 5.92 Å². The predicted octanol–water partition coefficient (Wildman–Crippen LogP) is 3.44. The highest BCUT2D eigenvalue weighted by atomic mass is 79.9. The third-order valence-corrected chi connectivity index (χ3v) is 6.20. The Bertz CT molecular complexity index is 209. The molecule has 16 heavy (non-hydrogen) atoms. The lowest BCUT2D eigenvalue weighted by Crippen LogP contribution is -2.43. The van der Waals surface area contributed by atoms with E-state index in [-0.39, 0.29) is 15.5 Å². The van der Waals surface area contributed by atoms with Crippen LogP contribution >= 0.6 is 27.7 Å². The Labute approximate surface area is 112 Å². The largest absolute Gasteiger partial charge is 0.354 e. The second kappa shape index (κ2) is 7.59. The molecule has 0 bridgehead atoms. The zero-order chi connectivity index (χ0) is 12.8. The average Bonchev–Trinajstić information content (AvgIpc) is 2.30. The normalized spacial score (nSPS) is 13.9. The number of alkyl halides is 1. The molecule has 0 saturated heterocycles. The Morgan fingerprint density at radius 1 is 1.38 bits per heavy atom. The molecule has 0 aromatic carbocycles. The van der Waals surface area contributed by atoms with Crippen LogP contribution < -0.4 is 5.32 Å². The van der Waals surface area contributed by atoms with Crippen molar-refractivity contribution in [3.8, 4) is 0 Å². The van der Waals surface area contributed by atoms with Crippen LogP contribution in [0.15, 0.2) is 0 Å². The van der Waals surface area contributed by atoms with Crippen LogP contribution in [0.3, 0.4) is 0 Å². The van der Waals surface area contributed by atoms with Crippen LogP contribution in [0.25, 0.3) is 0 Å². The van der Waals surface area contributed by atoms with Gasteiger partial charge in [-0.25, -0.2) is 0 Å². The van der Waals surface area contributed by atoms with Gasteiger partial charge in [-0.2, -0.15) is 11.8 Å². The van der Waals surface area contributed by atoms with Crippen LogP contribution in [-0.2, 0) is 4.79 Å². The maximum absolute atomic E-state index is 11.8. The Balaban J connectivity index is 4.26. The molecule has 0 radical (unpaired) electrons. The molecule has 0 aromatic rings. The van der Waals surface area contributed by atoms with Crippen LogP contribution in [0.4, 0.5) is 0 Å². The molecule has 0 heterocycles. The van der Waals surface area contributed by atoms with Gasteiger partial charge in [0.05, 0.1) is 4.83 Å². The van der Waals surface area contributed by atoms with E-state index in [4.69, 9.17) is 0 Å². The fraction of sp³-hybridized carbons (Fsp3) is 0.917. The Kier molecular flexibility index (Phi) is 7.73. The summed E-state index contributed by atoms with van der Waals surface area (Å²) in [7, 11) is 0. The summed E-state index contributed by atoms with van der Waals surface area (Å²) in [6.45, 7) is 9.20. The molecule has 0 aliphatic heterocycles. The highest BCUT2D eigenvalue weighted by Crippen LogP contribution is 2.29. The van der Waals surface area contributed by atoms with Crippen molar-refractivity contribution in [1.29, 1.82) is 0 Å². The minimum Gasteiger partial charge on any atom is -0.354 e. The number of hydrogen-bond donors (Lipinski definition) is 1. The van der Waals surface area contributed by atoms with E-state index in [1.165, 1.54) is 0 Å². The minimum atomic E-state index is -0.0826. The van der Waals surface area contributed by atoms with Gasteiger partial charge in [0.15, 0.2) is 0 Å². The molecule has 0 saturated carbocycles. The SMILES string of the molecule is CCC(CC)(CNC(=O)C(Br)C(C)C)SC. The van der Waals surface area contributed by atoms with E-state index < -0.39 is 0 Å². The third-order valence-electron chi connectivity index (χ3n) is 3.14. The van der Waals surface area contributed by atoms with Gasteiger partial charge in [0.25, 0.3) is 0 Å². The molecule has 1 unspecified atom stereocenters. The van der Waals surface area contributed by atoms with Gasteiger partial charge in [-0.1, -0.05) is 43.6 Å². The van der Waals surface area contributed by atoms with Crippen molar-refractivity contribution in [3.05, 3.63) is 0 Å². The monoisotopic (exact) mass is 309 g/mol. The predicted molar refractivity (Wildman–Crippen MR) is 77.4 cm³/mol. The molecule has 1 amide bonds. The van der Waals surface area contributed by atoms with Crippen LogP contribution in [-0.4, -0.2) is 28.3 Å². The molecule has 0 rings (SSSR count). The van der Waals surface area contributed by atoms with E-state index in [2.05, 4.69) is 41.3 Å². The number of hydrogen-bond acceptors (Lipinski definition) is 2. The minimum absolute atomic E-state index is 0.0826. The summed E-state index contributed by atoms with van der Waals surface area (Å²) in [6.07, 6.45) is 4.28. The average molecular weight is 310 g/mol. The first-order valence-electron chi connectivity index (χ1n) is 5.89. The fourth-order valence-electron chi connectivity index (χ4n) is 1.51. The van der Waals surface area contributed by atoms with Gasteiger partial charge < -0.3 is 5.32 Å². The zero-order valence-corrected chi connectivity index (χ0v) is 13.4. The molecule has 1 atom stereocenters. The molecule has 0 spiro atoms. The lowest BCUT2D eigenvalue weighted by Gasteiger charge is -2.30. The molecule has 1 N–H and O–H groups in total. The number of nitrogens with one attached hydrogen (secondary N) is 1. The number of amides is 1. The number of thioether (sulfide) groups is 1. The lowest BCUT2D eigenvalue weighted by molar-refractivity contribution is -0.121. The molecule has 0 aromatic heterocycles. The van der Waals surface area contributed by atoms with Crippen molar-refractivity contribution in [2.75, 3.05) is 12.8 Å². The first kappa shape index (κ1) is 16.3. The summed E-state index contributed by atoms with van der Waals surface area (Å²) in [5.41, 5.74) is 0. The molecule has 2 nitrogen and oxygen atoms in total. The van der Waals surface area contributed by atoms with Gasteiger partial charge in [-0.05, 0) is 25.0 Å². The number of carbonyl (C=O) groups is 1. The van der Waals surface area contributed by atoms with Crippen LogP contribution in [0, 0.1) is 5.92 Å². The number of rotatable bonds is 7. The van der Waals surface area contributed by atoms with E-state index in [0.717, 1.165) is 19.4 Å².